The standard InChI is InChI=1S/C20H25NO3/c1-21(2)14-13-16(15-9-6-5-7-10-15)19(22)17-11-8-12-18(23-3)20(17)24-4/h5-13,19,22H,14H2,1-4H3. The molecule has 0 saturated heterocycles. The summed E-state index contributed by atoms with van der Waals surface area (Å²) in [5, 5.41) is 11.1. The molecule has 0 fully saturated rings. The summed E-state index contributed by atoms with van der Waals surface area (Å²) in [6.07, 6.45) is 1.23. The van der Waals surface area contributed by atoms with Gasteiger partial charge in [0, 0.05) is 12.1 Å². The normalized spacial score (nSPS) is 13.0. The third-order valence-corrected chi connectivity index (χ3v) is 3.81. The molecule has 0 aromatic heterocycles. The van der Waals surface area contributed by atoms with Crippen LogP contribution in [0.4, 0.5) is 0 Å². The Morgan fingerprint density at radius 3 is 2.33 bits per heavy atom. The van der Waals surface area contributed by atoms with Crippen molar-refractivity contribution in [3.63, 3.8) is 0 Å². The van der Waals surface area contributed by atoms with Crippen LogP contribution in [0, 0.1) is 0 Å². The number of ether oxygens (including phenoxy) is 2. The molecule has 0 aliphatic heterocycles. The number of nitrogens with zero attached hydrogens (tertiary/aromatic N) is 1. The third-order valence-electron chi connectivity index (χ3n) is 3.81. The van der Waals surface area contributed by atoms with Gasteiger partial charge in [0.2, 0.25) is 0 Å². The average molecular weight is 327 g/mol. The fraction of sp³-hybridized carbons (Fsp3) is 0.300. The first-order valence-corrected chi connectivity index (χ1v) is 7.87. The highest BCUT2D eigenvalue weighted by Gasteiger charge is 2.21. The summed E-state index contributed by atoms with van der Waals surface area (Å²) in [5.41, 5.74) is 2.51. The first-order chi connectivity index (χ1) is 11.6. The second-order valence-corrected chi connectivity index (χ2v) is 5.77. The van der Waals surface area contributed by atoms with Gasteiger partial charge >= 0.3 is 0 Å². The minimum Gasteiger partial charge on any atom is -0.493 e. The van der Waals surface area contributed by atoms with Crippen LogP contribution in [0.2, 0.25) is 0 Å². The highest BCUT2D eigenvalue weighted by atomic mass is 16.5. The molecule has 0 aliphatic rings. The number of para-hydroxylation sites is 1. The van der Waals surface area contributed by atoms with Crippen molar-refractivity contribution >= 4 is 5.57 Å². The molecule has 2 aromatic carbocycles. The van der Waals surface area contributed by atoms with E-state index in [4.69, 9.17) is 9.47 Å². The lowest BCUT2D eigenvalue weighted by Gasteiger charge is -2.21. The van der Waals surface area contributed by atoms with Gasteiger partial charge in [0.15, 0.2) is 11.5 Å². The number of hydrogen-bond donors (Lipinski definition) is 1. The zero-order valence-corrected chi connectivity index (χ0v) is 14.7. The molecular weight excluding hydrogens is 302 g/mol. The fourth-order valence-corrected chi connectivity index (χ4v) is 2.59. The van der Waals surface area contributed by atoms with Gasteiger partial charge < -0.3 is 19.5 Å². The maximum atomic E-state index is 11.1. The van der Waals surface area contributed by atoms with E-state index in [1.54, 1.807) is 14.2 Å². The minimum absolute atomic E-state index is 0.555. The van der Waals surface area contributed by atoms with Gasteiger partial charge in [-0.25, -0.2) is 0 Å². The van der Waals surface area contributed by atoms with E-state index >= 15 is 0 Å². The van der Waals surface area contributed by atoms with E-state index in [-0.39, 0.29) is 0 Å². The summed E-state index contributed by atoms with van der Waals surface area (Å²) in [7, 11) is 7.17. The molecule has 128 valence electrons. The minimum atomic E-state index is -0.808. The van der Waals surface area contributed by atoms with E-state index in [1.807, 2.05) is 68.7 Å². The van der Waals surface area contributed by atoms with E-state index < -0.39 is 6.10 Å². The van der Waals surface area contributed by atoms with Gasteiger partial charge in [0.25, 0.3) is 0 Å². The van der Waals surface area contributed by atoms with E-state index in [0.717, 1.165) is 17.7 Å². The van der Waals surface area contributed by atoms with E-state index in [1.165, 1.54) is 0 Å². The molecule has 1 N–H and O–H groups in total. The second-order valence-electron chi connectivity index (χ2n) is 5.77. The van der Waals surface area contributed by atoms with Gasteiger partial charge in [-0.05, 0) is 31.3 Å². The van der Waals surface area contributed by atoms with E-state index in [9.17, 15) is 5.11 Å². The monoisotopic (exact) mass is 327 g/mol. The highest BCUT2D eigenvalue weighted by Crippen LogP contribution is 2.39. The molecule has 2 rings (SSSR count). The Hall–Kier alpha value is -2.30. The molecule has 0 radical (unpaired) electrons. The molecule has 0 spiro atoms. The predicted octanol–water partition coefficient (Wildman–Crippen LogP) is 3.38. The van der Waals surface area contributed by atoms with Crippen LogP contribution in [0.5, 0.6) is 11.5 Å². The van der Waals surface area contributed by atoms with Crippen LogP contribution in [0.3, 0.4) is 0 Å². The van der Waals surface area contributed by atoms with Gasteiger partial charge in [-0.1, -0.05) is 48.5 Å². The van der Waals surface area contributed by atoms with Gasteiger partial charge in [0.05, 0.1) is 14.2 Å². The molecule has 4 heteroatoms. The zero-order valence-electron chi connectivity index (χ0n) is 14.7. The van der Waals surface area contributed by atoms with Gasteiger partial charge in [-0.15, -0.1) is 0 Å². The summed E-state index contributed by atoms with van der Waals surface area (Å²) >= 11 is 0. The molecule has 0 bridgehead atoms. The van der Waals surface area contributed by atoms with Crippen LogP contribution in [-0.4, -0.2) is 44.9 Å². The third kappa shape index (κ3) is 4.16. The number of benzene rings is 2. The van der Waals surface area contributed by atoms with Crippen molar-refractivity contribution in [3.05, 3.63) is 65.7 Å². The summed E-state index contributed by atoms with van der Waals surface area (Å²) < 4.78 is 10.8. The van der Waals surface area contributed by atoms with Gasteiger partial charge in [-0.2, -0.15) is 0 Å². The molecular formula is C20H25NO3. The summed E-state index contributed by atoms with van der Waals surface area (Å²) in [6, 6.07) is 15.4. The fourth-order valence-electron chi connectivity index (χ4n) is 2.59. The zero-order chi connectivity index (χ0) is 17.5. The predicted molar refractivity (Wildman–Crippen MR) is 97.5 cm³/mol. The lowest BCUT2D eigenvalue weighted by atomic mass is 9.94. The number of aliphatic hydroxyl groups excluding tert-OH is 1. The number of likely N-dealkylation sites (N-methyl/N-ethyl adjacent to an activating group) is 1. The Bertz CT molecular complexity index is 681. The SMILES string of the molecule is COc1cccc(C(O)C(=CCN(C)C)c2ccccc2)c1OC. The molecule has 1 unspecified atom stereocenters. The topological polar surface area (TPSA) is 41.9 Å². The number of hydrogen-bond acceptors (Lipinski definition) is 4. The molecule has 4 nitrogen and oxygen atoms in total. The molecule has 0 saturated carbocycles. The van der Waals surface area contributed by atoms with E-state index in [2.05, 4.69) is 4.90 Å². The van der Waals surface area contributed by atoms with Crippen LogP contribution >= 0.6 is 0 Å². The molecule has 0 amide bonds. The lowest BCUT2D eigenvalue weighted by Crippen LogP contribution is -2.13. The Kier molecular flexibility index (Phi) is 6.41. The maximum Gasteiger partial charge on any atom is 0.166 e. The van der Waals surface area contributed by atoms with Crippen LogP contribution in [-0.2, 0) is 0 Å². The van der Waals surface area contributed by atoms with Crippen molar-refractivity contribution in [2.45, 2.75) is 6.10 Å². The average Bonchev–Trinajstić information content (AvgIpc) is 2.61. The van der Waals surface area contributed by atoms with Crippen LogP contribution < -0.4 is 9.47 Å². The van der Waals surface area contributed by atoms with E-state index in [0.29, 0.717) is 17.1 Å². The van der Waals surface area contributed by atoms with Gasteiger partial charge in [-0.3, -0.25) is 0 Å². The lowest BCUT2D eigenvalue weighted by molar-refractivity contribution is 0.229. The van der Waals surface area contributed by atoms with Crippen molar-refractivity contribution < 1.29 is 14.6 Å². The summed E-state index contributed by atoms with van der Waals surface area (Å²) in [4.78, 5) is 2.05. The molecule has 1 atom stereocenters. The van der Waals surface area contributed by atoms with Crippen LogP contribution in [0.15, 0.2) is 54.6 Å². The van der Waals surface area contributed by atoms with Crippen molar-refractivity contribution in [3.8, 4) is 11.5 Å². The molecule has 0 aliphatic carbocycles. The van der Waals surface area contributed by atoms with Crippen molar-refractivity contribution in [2.75, 3.05) is 34.9 Å². The number of methoxy groups -OCH3 is 2. The number of aliphatic hydroxyl groups is 1. The Morgan fingerprint density at radius 2 is 1.75 bits per heavy atom. The molecule has 0 heterocycles. The van der Waals surface area contributed by atoms with Crippen molar-refractivity contribution in [2.24, 2.45) is 0 Å². The number of rotatable bonds is 7. The van der Waals surface area contributed by atoms with Gasteiger partial charge in [0.1, 0.15) is 6.10 Å². The van der Waals surface area contributed by atoms with Crippen molar-refractivity contribution in [1.82, 2.24) is 4.90 Å². The van der Waals surface area contributed by atoms with Crippen molar-refractivity contribution in [1.29, 1.82) is 0 Å². The maximum absolute atomic E-state index is 11.1. The Morgan fingerprint density at radius 1 is 1.04 bits per heavy atom. The first kappa shape index (κ1) is 18.0. The molecule has 2 aromatic rings. The first-order valence-electron chi connectivity index (χ1n) is 7.87. The quantitative estimate of drug-likeness (QED) is 0.846. The summed E-state index contributed by atoms with van der Waals surface area (Å²) in [5.74, 6) is 1.16. The summed E-state index contributed by atoms with van der Waals surface area (Å²) in [6.45, 7) is 0.730. The Balaban J connectivity index is 2.49. The Labute approximate surface area is 143 Å². The largest absolute Gasteiger partial charge is 0.493 e. The molecule has 24 heavy (non-hydrogen) atoms. The van der Waals surface area contributed by atoms with Crippen LogP contribution in [0.25, 0.3) is 5.57 Å². The highest BCUT2D eigenvalue weighted by molar-refractivity contribution is 5.72. The van der Waals surface area contributed by atoms with Crippen LogP contribution in [0.1, 0.15) is 17.2 Å². The smallest absolute Gasteiger partial charge is 0.166 e. The second kappa shape index (κ2) is 8.52.